The number of hydrogen-bond donors (Lipinski definition) is 2. The quantitative estimate of drug-likeness (QED) is 0.639. The van der Waals surface area contributed by atoms with Crippen LogP contribution in [0.1, 0.15) is 24.5 Å². The van der Waals surface area contributed by atoms with Crippen LogP contribution in [0.5, 0.6) is 0 Å². The predicted molar refractivity (Wildman–Crippen MR) is 106 cm³/mol. The molecule has 1 fully saturated rings. The first kappa shape index (κ1) is 18.9. The van der Waals surface area contributed by atoms with Gasteiger partial charge in [-0.15, -0.1) is 0 Å². The Balaban J connectivity index is 1.68. The zero-order valence-electron chi connectivity index (χ0n) is 15.2. The number of aromatic nitrogens is 3. The van der Waals surface area contributed by atoms with Crippen LogP contribution in [0, 0.1) is 5.82 Å². The van der Waals surface area contributed by atoms with Crippen LogP contribution < -0.4 is 0 Å². The first-order valence-corrected chi connectivity index (χ1v) is 10.4. The van der Waals surface area contributed by atoms with Crippen molar-refractivity contribution < 1.29 is 13.2 Å². The summed E-state index contributed by atoms with van der Waals surface area (Å²) in [4.78, 5) is 6.12. The molecule has 1 aromatic carbocycles. The van der Waals surface area contributed by atoms with Gasteiger partial charge in [0.15, 0.2) is 11.1 Å². The summed E-state index contributed by atoms with van der Waals surface area (Å²) in [5.74, 6) is 0.181. The molecule has 8 heteroatoms. The van der Waals surface area contributed by atoms with Crippen LogP contribution in [-0.4, -0.2) is 47.8 Å². The maximum atomic E-state index is 13.4. The second-order valence-electron chi connectivity index (χ2n) is 6.95. The molecule has 0 spiro atoms. The summed E-state index contributed by atoms with van der Waals surface area (Å²) in [6.07, 6.45) is 5.25. The summed E-state index contributed by atoms with van der Waals surface area (Å²) >= 11 is -1.81. The molecule has 2 N–H and O–H groups in total. The summed E-state index contributed by atoms with van der Waals surface area (Å²) in [6.45, 7) is 1.52. The number of halogens is 1. The summed E-state index contributed by atoms with van der Waals surface area (Å²) < 4.78 is 33.5. The third kappa shape index (κ3) is 4.04. The second kappa shape index (κ2) is 8.30. The highest BCUT2D eigenvalue weighted by molar-refractivity contribution is 7.79. The highest BCUT2D eigenvalue weighted by Crippen LogP contribution is 2.39. The maximum absolute atomic E-state index is 13.4. The lowest BCUT2D eigenvalue weighted by molar-refractivity contribution is 0.238. The number of benzene rings is 1. The Bertz CT molecular complexity index is 954. The summed E-state index contributed by atoms with van der Waals surface area (Å²) in [6, 6.07) is 10.2. The molecule has 3 heterocycles. The van der Waals surface area contributed by atoms with E-state index >= 15 is 0 Å². The van der Waals surface area contributed by atoms with Gasteiger partial charge in [0.25, 0.3) is 0 Å². The van der Waals surface area contributed by atoms with Crippen LogP contribution in [0.4, 0.5) is 4.39 Å². The van der Waals surface area contributed by atoms with E-state index in [1.54, 1.807) is 24.5 Å². The van der Waals surface area contributed by atoms with Gasteiger partial charge in [-0.2, -0.15) is 5.10 Å². The minimum Gasteiger partial charge on any atom is -0.305 e. The van der Waals surface area contributed by atoms with Gasteiger partial charge in [-0.1, -0.05) is 0 Å². The van der Waals surface area contributed by atoms with E-state index in [4.69, 9.17) is 4.55 Å². The fraction of sp³-hybridized carbons (Fsp3) is 0.300. The number of likely N-dealkylation sites (tertiary alicyclic amines) is 1. The normalized spacial score (nSPS) is 16.9. The van der Waals surface area contributed by atoms with Crippen molar-refractivity contribution in [2.75, 3.05) is 19.0 Å². The topological polar surface area (TPSA) is 82.1 Å². The van der Waals surface area contributed by atoms with Gasteiger partial charge in [0.2, 0.25) is 0 Å². The fourth-order valence-electron chi connectivity index (χ4n) is 3.79. The molecular formula is C20H21FN4O2S. The van der Waals surface area contributed by atoms with Gasteiger partial charge in [-0.05, 0) is 67.9 Å². The van der Waals surface area contributed by atoms with Crippen LogP contribution >= 0.6 is 0 Å². The van der Waals surface area contributed by atoms with Crippen LogP contribution in [0.3, 0.4) is 0 Å². The van der Waals surface area contributed by atoms with E-state index in [9.17, 15) is 8.60 Å². The molecule has 3 aromatic rings. The Morgan fingerprint density at radius 2 is 1.79 bits per heavy atom. The highest BCUT2D eigenvalue weighted by Gasteiger charge is 2.27. The highest BCUT2D eigenvalue weighted by atomic mass is 32.2. The molecule has 1 aliphatic rings. The number of pyridine rings is 1. The van der Waals surface area contributed by atoms with Crippen molar-refractivity contribution in [1.29, 1.82) is 0 Å². The first-order chi connectivity index (χ1) is 13.6. The molecule has 0 amide bonds. The van der Waals surface area contributed by atoms with Gasteiger partial charge >= 0.3 is 0 Å². The molecule has 4 rings (SSSR count). The van der Waals surface area contributed by atoms with Crippen LogP contribution in [0.15, 0.2) is 48.8 Å². The van der Waals surface area contributed by atoms with E-state index in [1.807, 2.05) is 17.0 Å². The zero-order chi connectivity index (χ0) is 19.5. The number of hydrogen-bond acceptors (Lipinski definition) is 4. The van der Waals surface area contributed by atoms with Crippen molar-refractivity contribution in [2.45, 2.75) is 18.8 Å². The number of piperidine rings is 1. The van der Waals surface area contributed by atoms with E-state index in [0.29, 0.717) is 0 Å². The SMILES string of the molecule is O=S(O)CN1CCC(c2[nH]nc(-c3ccc(F)cc3)c2-c2ccncc2)CC1. The van der Waals surface area contributed by atoms with Gasteiger partial charge in [-0.3, -0.25) is 15.0 Å². The predicted octanol–water partition coefficient (Wildman–Crippen LogP) is 3.64. The molecule has 1 saturated heterocycles. The zero-order valence-corrected chi connectivity index (χ0v) is 16.0. The van der Waals surface area contributed by atoms with E-state index in [-0.39, 0.29) is 17.6 Å². The molecule has 1 unspecified atom stereocenters. The Kier molecular flexibility index (Phi) is 5.61. The molecule has 1 atom stereocenters. The van der Waals surface area contributed by atoms with Gasteiger partial charge in [0.05, 0.1) is 0 Å². The maximum Gasteiger partial charge on any atom is 0.167 e. The largest absolute Gasteiger partial charge is 0.305 e. The van der Waals surface area contributed by atoms with E-state index < -0.39 is 11.1 Å². The molecule has 28 heavy (non-hydrogen) atoms. The lowest BCUT2D eigenvalue weighted by Gasteiger charge is -2.30. The van der Waals surface area contributed by atoms with Crippen molar-refractivity contribution in [3.63, 3.8) is 0 Å². The third-order valence-electron chi connectivity index (χ3n) is 5.17. The van der Waals surface area contributed by atoms with E-state index in [1.165, 1.54) is 12.1 Å². The van der Waals surface area contributed by atoms with Gasteiger partial charge in [-0.25, -0.2) is 8.60 Å². The molecule has 146 valence electrons. The lowest BCUT2D eigenvalue weighted by Crippen LogP contribution is -2.35. The minimum atomic E-state index is -1.81. The molecule has 0 bridgehead atoms. The molecule has 0 saturated carbocycles. The summed E-state index contributed by atoms with van der Waals surface area (Å²) in [5.41, 5.74) is 4.72. The molecule has 6 nitrogen and oxygen atoms in total. The Morgan fingerprint density at radius 3 is 2.43 bits per heavy atom. The van der Waals surface area contributed by atoms with Crippen molar-refractivity contribution >= 4 is 11.1 Å². The van der Waals surface area contributed by atoms with Crippen LogP contribution in [0.25, 0.3) is 22.4 Å². The molecule has 2 aromatic heterocycles. The van der Waals surface area contributed by atoms with Gasteiger partial charge in [0, 0.05) is 35.1 Å². The van der Waals surface area contributed by atoms with E-state index in [0.717, 1.165) is 54.0 Å². The fourth-order valence-corrected chi connectivity index (χ4v) is 4.36. The Morgan fingerprint density at radius 1 is 1.11 bits per heavy atom. The monoisotopic (exact) mass is 400 g/mol. The lowest BCUT2D eigenvalue weighted by atomic mass is 9.88. The Hall–Kier alpha value is -2.42. The first-order valence-electron chi connectivity index (χ1n) is 9.16. The average Bonchev–Trinajstić information content (AvgIpc) is 3.14. The minimum absolute atomic E-state index is 0.188. The molecule has 0 aliphatic carbocycles. The molecule has 0 radical (unpaired) electrons. The number of nitrogens with zero attached hydrogens (tertiary/aromatic N) is 3. The average molecular weight is 400 g/mol. The third-order valence-corrected chi connectivity index (χ3v) is 5.76. The number of H-pyrrole nitrogens is 1. The Labute approximate surface area is 165 Å². The van der Waals surface area contributed by atoms with Crippen molar-refractivity contribution in [3.8, 4) is 22.4 Å². The summed E-state index contributed by atoms with van der Waals surface area (Å²) in [7, 11) is 0. The van der Waals surface area contributed by atoms with Crippen LogP contribution in [-0.2, 0) is 11.1 Å². The summed E-state index contributed by atoms with van der Waals surface area (Å²) in [5, 5.41) is 7.78. The van der Waals surface area contributed by atoms with Gasteiger partial charge in [0.1, 0.15) is 17.4 Å². The second-order valence-corrected chi connectivity index (χ2v) is 7.85. The number of nitrogens with one attached hydrogen (secondary N) is 1. The van der Waals surface area contributed by atoms with Gasteiger partial charge < -0.3 is 4.55 Å². The number of aromatic amines is 1. The smallest absolute Gasteiger partial charge is 0.167 e. The van der Waals surface area contributed by atoms with E-state index in [2.05, 4.69) is 15.2 Å². The van der Waals surface area contributed by atoms with Crippen molar-refractivity contribution in [3.05, 3.63) is 60.3 Å². The van der Waals surface area contributed by atoms with Crippen molar-refractivity contribution in [1.82, 2.24) is 20.1 Å². The number of rotatable bonds is 5. The standard InChI is InChI=1S/C20H21FN4O2S/c21-17-3-1-15(2-4-17)19-18(14-5-9-22-10-6-14)20(24-23-19)16-7-11-25(12-8-16)13-28(26)27/h1-6,9-10,16H,7-8,11-13H2,(H,23,24)(H,26,27). The molecular weight excluding hydrogens is 379 g/mol. The van der Waals surface area contributed by atoms with Crippen molar-refractivity contribution in [2.24, 2.45) is 0 Å². The van der Waals surface area contributed by atoms with Crippen LogP contribution in [0.2, 0.25) is 0 Å². The molecule has 1 aliphatic heterocycles.